The molecule has 0 aliphatic carbocycles. The van der Waals surface area contributed by atoms with Crippen LogP contribution in [0.2, 0.25) is 0 Å². The molecule has 6 nitrogen and oxygen atoms in total. The summed E-state index contributed by atoms with van der Waals surface area (Å²) in [5, 5.41) is 0. The third-order valence-corrected chi connectivity index (χ3v) is 7.13. The van der Waals surface area contributed by atoms with Crippen molar-refractivity contribution in [2.24, 2.45) is 0 Å². The number of amides is 1. The molecular weight excluding hydrogens is 469 g/mol. The van der Waals surface area contributed by atoms with Crippen molar-refractivity contribution in [2.45, 2.75) is 51.0 Å². The molecular formula is C18H24INO5S. The van der Waals surface area contributed by atoms with Gasteiger partial charge in [-0.3, -0.25) is 9.59 Å². The predicted molar refractivity (Wildman–Crippen MR) is 108 cm³/mol. The summed E-state index contributed by atoms with van der Waals surface area (Å²) in [6.45, 7) is 7.01. The Balaban J connectivity index is 2.19. The van der Waals surface area contributed by atoms with Gasteiger partial charge in [0.25, 0.3) is 5.91 Å². The standard InChI is InChI=1S/C18H24INO5S/c1-17(2,3)25-16(22)18(4,26(5,23)24)8-9-20-11-12-10-13(19)6-7-14(12)15(20)21/h6-7,10H,8-9,11H2,1-5H3/t18-/m1/s1. The van der Waals surface area contributed by atoms with Gasteiger partial charge in [0.1, 0.15) is 5.60 Å². The molecule has 1 aromatic rings. The number of sulfone groups is 1. The quantitative estimate of drug-likeness (QED) is 0.466. The lowest BCUT2D eigenvalue weighted by Crippen LogP contribution is -2.48. The maximum absolute atomic E-state index is 12.6. The van der Waals surface area contributed by atoms with Gasteiger partial charge in [-0.2, -0.15) is 0 Å². The second-order valence-corrected chi connectivity index (χ2v) is 11.5. The Labute approximate surface area is 168 Å². The van der Waals surface area contributed by atoms with Crippen molar-refractivity contribution in [1.82, 2.24) is 4.90 Å². The number of halogens is 1. The van der Waals surface area contributed by atoms with E-state index in [4.69, 9.17) is 4.74 Å². The molecule has 1 aliphatic rings. The van der Waals surface area contributed by atoms with Crippen LogP contribution in [0.15, 0.2) is 18.2 Å². The van der Waals surface area contributed by atoms with E-state index in [1.165, 1.54) is 6.92 Å². The van der Waals surface area contributed by atoms with Crippen molar-refractivity contribution in [3.63, 3.8) is 0 Å². The summed E-state index contributed by atoms with van der Waals surface area (Å²) in [6.07, 6.45) is 1.01. The fourth-order valence-electron chi connectivity index (χ4n) is 2.70. The summed E-state index contributed by atoms with van der Waals surface area (Å²) < 4.78 is 29.3. The smallest absolute Gasteiger partial charge is 0.327 e. The van der Waals surface area contributed by atoms with Crippen LogP contribution in [-0.4, -0.2) is 48.3 Å². The zero-order chi connectivity index (χ0) is 19.9. The van der Waals surface area contributed by atoms with E-state index in [0.717, 1.165) is 15.4 Å². The molecule has 8 heteroatoms. The van der Waals surface area contributed by atoms with Crippen molar-refractivity contribution in [3.8, 4) is 0 Å². The first kappa shape index (κ1) is 21.1. The molecule has 0 saturated heterocycles. The van der Waals surface area contributed by atoms with Crippen molar-refractivity contribution < 1.29 is 22.7 Å². The van der Waals surface area contributed by atoms with Crippen LogP contribution in [0.4, 0.5) is 0 Å². The summed E-state index contributed by atoms with van der Waals surface area (Å²) in [7, 11) is -3.73. The van der Waals surface area contributed by atoms with Gasteiger partial charge in [-0.1, -0.05) is 0 Å². The summed E-state index contributed by atoms with van der Waals surface area (Å²) in [6, 6.07) is 5.59. The number of benzene rings is 1. The van der Waals surface area contributed by atoms with Gasteiger partial charge in [0, 0.05) is 28.5 Å². The summed E-state index contributed by atoms with van der Waals surface area (Å²) in [4.78, 5) is 26.7. The molecule has 1 aromatic carbocycles. The molecule has 1 atom stereocenters. The average Bonchev–Trinajstić information content (AvgIpc) is 2.77. The van der Waals surface area contributed by atoms with E-state index in [2.05, 4.69) is 22.6 Å². The van der Waals surface area contributed by atoms with Crippen molar-refractivity contribution in [2.75, 3.05) is 12.8 Å². The van der Waals surface area contributed by atoms with Gasteiger partial charge in [-0.25, -0.2) is 8.42 Å². The predicted octanol–water partition coefficient (Wildman–Crippen LogP) is 2.78. The van der Waals surface area contributed by atoms with Crippen LogP contribution < -0.4 is 0 Å². The van der Waals surface area contributed by atoms with Crippen molar-refractivity contribution in [1.29, 1.82) is 0 Å². The molecule has 0 unspecified atom stereocenters. The van der Waals surface area contributed by atoms with Gasteiger partial charge < -0.3 is 9.64 Å². The van der Waals surface area contributed by atoms with Crippen LogP contribution in [-0.2, 0) is 25.9 Å². The summed E-state index contributed by atoms with van der Waals surface area (Å²) in [5.74, 6) is -0.928. The van der Waals surface area contributed by atoms with E-state index in [-0.39, 0.29) is 18.9 Å². The van der Waals surface area contributed by atoms with E-state index >= 15 is 0 Å². The van der Waals surface area contributed by atoms with Gasteiger partial charge in [0.2, 0.25) is 0 Å². The number of hydrogen-bond donors (Lipinski definition) is 0. The van der Waals surface area contributed by atoms with Crippen LogP contribution >= 0.6 is 22.6 Å². The lowest BCUT2D eigenvalue weighted by Gasteiger charge is -2.31. The minimum Gasteiger partial charge on any atom is -0.459 e. The van der Waals surface area contributed by atoms with E-state index in [0.29, 0.717) is 12.1 Å². The molecule has 1 heterocycles. The highest BCUT2D eigenvalue weighted by Crippen LogP contribution is 2.29. The molecule has 0 N–H and O–H groups in total. The molecule has 0 bridgehead atoms. The highest BCUT2D eigenvalue weighted by molar-refractivity contribution is 14.1. The number of fused-ring (bicyclic) bond motifs is 1. The first-order valence-corrected chi connectivity index (χ1v) is 11.2. The van der Waals surface area contributed by atoms with Crippen LogP contribution in [0.3, 0.4) is 0 Å². The number of carbonyl (C=O) groups is 2. The van der Waals surface area contributed by atoms with E-state index in [1.54, 1.807) is 31.7 Å². The second-order valence-electron chi connectivity index (χ2n) is 7.78. The molecule has 144 valence electrons. The first-order chi connectivity index (χ1) is 11.7. The highest BCUT2D eigenvalue weighted by Gasteiger charge is 2.47. The topological polar surface area (TPSA) is 80.8 Å². The Kier molecular flexibility index (Phi) is 5.78. The van der Waals surface area contributed by atoms with Crippen LogP contribution in [0.5, 0.6) is 0 Å². The minimum absolute atomic E-state index is 0.0163. The van der Waals surface area contributed by atoms with E-state index < -0.39 is 26.2 Å². The second kappa shape index (κ2) is 7.10. The molecule has 0 fully saturated rings. The van der Waals surface area contributed by atoms with Crippen LogP contribution in [0.1, 0.15) is 50.0 Å². The highest BCUT2D eigenvalue weighted by atomic mass is 127. The Bertz CT molecular complexity index is 844. The molecule has 1 aliphatic heterocycles. The number of ether oxygens (including phenoxy) is 1. The molecule has 26 heavy (non-hydrogen) atoms. The molecule has 0 spiro atoms. The lowest BCUT2D eigenvalue weighted by molar-refractivity contribution is -0.158. The molecule has 2 rings (SSSR count). The lowest BCUT2D eigenvalue weighted by atomic mass is 10.1. The van der Waals surface area contributed by atoms with Crippen molar-refractivity contribution >= 4 is 44.3 Å². The fourth-order valence-corrected chi connectivity index (χ4v) is 4.07. The number of carbonyl (C=O) groups excluding carboxylic acids is 2. The van der Waals surface area contributed by atoms with Crippen molar-refractivity contribution in [3.05, 3.63) is 32.9 Å². The van der Waals surface area contributed by atoms with Gasteiger partial charge in [0.05, 0.1) is 0 Å². The fraction of sp³-hybridized carbons (Fsp3) is 0.556. The molecule has 0 saturated carbocycles. The van der Waals surface area contributed by atoms with Crippen LogP contribution in [0, 0.1) is 3.57 Å². The number of hydrogen-bond acceptors (Lipinski definition) is 5. The Hall–Kier alpha value is -1.16. The maximum atomic E-state index is 12.6. The monoisotopic (exact) mass is 493 g/mol. The average molecular weight is 493 g/mol. The van der Waals surface area contributed by atoms with E-state index in [9.17, 15) is 18.0 Å². The Morgan fingerprint density at radius 3 is 2.42 bits per heavy atom. The molecule has 1 amide bonds. The zero-order valence-corrected chi connectivity index (χ0v) is 18.6. The summed E-state index contributed by atoms with van der Waals surface area (Å²) >= 11 is 2.18. The number of rotatable bonds is 5. The minimum atomic E-state index is -3.73. The largest absolute Gasteiger partial charge is 0.459 e. The molecule has 0 aromatic heterocycles. The van der Waals surface area contributed by atoms with Crippen LogP contribution in [0.25, 0.3) is 0 Å². The molecule has 0 radical (unpaired) electrons. The number of nitrogens with zero attached hydrogens (tertiary/aromatic N) is 1. The third-order valence-electron chi connectivity index (χ3n) is 4.45. The Morgan fingerprint density at radius 2 is 1.88 bits per heavy atom. The summed E-state index contributed by atoms with van der Waals surface area (Å²) in [5.41, 5.74) is 0.753. The normalized spacial score (nSPS) is 17.0. The van der Waals surface area contributed by atoms with E-state index in [1.807, 2.05) is 12.1 Å². The van der Waals surface area contributed by atoms with Gasteiger partial charge in [0.15, 0.2) is 14.6 Å². The number of esters is 1. The third kappa shape index (κ3) is 4.39. The first-order valence-electron chi connectivity index (χ1n) is 8.25. The van der Waals surface area contributed by atoms with Gasteiger partial charge in [-0.05, 0) is 80.5 Å². The maximum Gasteiger partial charge on any atom is 0.327 e. The van der Waals surface area contributed by atoms with Gasteiger partial charge >= 0.3 is 5.97 Å². The Morgan fingerprint density at radius 1 is 1.27 bits per heavy atom. The zero-order valence-electron chi connectivity index (χ0n) is 15.6. The SMILES string of the molecule is CC(C)(C)OC(=O)[C@@](C)(CCN1Cc2cc(I)ccc2C1=O)S(C)(=O)=O. The van der Waals surface area contributed by atoms with Gasteiger partial charge in [-0.15, -0.1) is 0 Å².